The molecule has 0 spiro atoms. The number of nitrogens with zero attached hydrogens (tertiary/aromatic N) is 1. The fraction of sp³-hybridized carbons (Fsp3) is 0. The Bertz CT molecular complexity index is 415. The van der Waals surface area contributed by atoms with Gasteiger partial charge in [0.1, 0.15) is 5.82 Å². The monoisotopic (exact) mass is 224 g/mol. The quantitative estimate of drug-likeness (QED) is 0.751. The van der Waals surface area contributed by atoms with Gasteiger partial charge in [-0.2, -0.15) is 7.11 Å². The molecule has 0 saturated heterocycles. The SMILES string of the molecule is [CH2-]Oc1n[nH]c2ccc(F)cc12.[Co]. The van der Waals surface area contributed by atoms with E-state index in [4.69, 9.17) is 0 Å². The number of halogens is 1. The Hall–Kier alpha value is -1.07. The summed E-state index contributed by atoms with van der Waals surface area (Å²) >= 11 is 0. The minimum Gasteiger partial charge on any atom is -0.651 e. The van der Waals surface area contributed by atoms with Crippen molar-refractivity contribution >= 4 is 10.9 Å². The van der Waals surface area contributed by atoms with Crippen molar-refractivity contribution < 1.29 is 25.9 Å². The van der Waals surface area contributed by atoms with Crippen LogP contribution in [-0.4, -0.2) is 10.2 Å². The fourth-order valence-corrected chi connectivity index (χ4v) is 1.07. The fourth-order valence-electron chi connectivity index (χ4n) is 1.07. The summed E-state index contributed by atoms with van der Waals surface area (Å²) in [5.74, 6) is -0.00769. The number of benzene rings is 1. The zero-order chi connectivity index (χ0) is 8.55. The standard InChI is InChI=1S/C8H6FN2O.Co/c1-12-8-6-4-5(9)2-3-7(6)10-11-8;/h2-4H,1H2,(H,10,11);/q-1;. The van der Waals surface area contributed by atoms with Crippen LogP contribution in [0.1, 0.15) is 0 Å². The topological polar surface area (TPSA) is 37.9 Å². The number of hydrogen-bond donors (Lipinski definition) is 1. The Morgan fingerprint density at radius 3 is 2.92 bits per heavy atom. The van der Waals surface area contributed by atoms with E-state index in [1.54, 1.807) is 6.07 Å². The van der Waals surface area contributed by atoms with Gasteiger partial charge in [0.15, 0.2) is 0 Å². The van der Waals surface area contributed by atoms with Crippen LogP contribution in [0.5, 0.6) is 5.88 Å². The molecule has 1 N–H and O–H groups in total. The molecule has 1 aromatic heterocycles. The van der Waals surface area contributed by atoms with Crippen LogP contribution in [0.3, 0.4) is 0 Å². The summed E-state index contributed by atoms with van der Waals surface area (Å²) in [7, 11) is 3.20. The Kier molecular flexibility index (Phi) is 2.89. The number of rotatable bonds is 1. The maximum Gasteiger partial charge on any atom is 0.208 e. The number of aromatic amines is 1. The van der Waals surface area contributed by atoms with Crippen LogP contribution >= 0.6 is 0 Å². The Labute approximate surface area is 84.5 Å². The summed E-state index contributed by atoms with van der Waals surface area (Å²) < 4.78 is 17.4. The Morgan fingerprint density at radius 2 is 2.23 bits per heavy atom. The van der Waals surface area contributed by atoms with E-state index in [1.165, 1.54) is 12.1 Å². The molecule has 2 rings (SSSR count). The van der Waals surface area contributed by atoms with Crippen molar-refractivity contribution in [3.05, 3.63) is 31.1 Å². The molecule has 3 nitrogen and oxygen atoms in total. The molecule has 0 atom stereocenters. The summed E-state index contributed by atoms with van der Waals surface area (Å²) in [6, 6.07) is 4.30. The largest absolute Gasteiger partial charge is 0.651 e. The first kappa shape index (κ1) is 10.0. The molecule has 13 heavy (non-hydrogen) atoms. The maximum atomic E-state index is 12.7. The van der Waals surface area contributed by atoms with Crippen LogP contribution in [-0.2, 0) is 16.8 Å². The van der Waals surface area contributed by atoms with Gasteiger partial charge in [0.05, 0.1) is 10.9 Å². The van der Waals surface area contributed by atoms with E-state index in [2.05, 4.69) is 22.0 Å². The van der Waals surface area contributed by atoms with Crippen LogP contribution in [0.4, 0.5) is 4.39 Å². The minimum absolute atomic E-state index is 0. The van der Waals surface area contributed by atoms with Crippen molar-refractivity contribution in [2.24, 2.45) is 0 Å². The van der Waals surface area contributed by atoms with Crippen LogP contribution in [0, 0.1) is 12.9 Å². The second-order valence-corrected chi connectivity index (χ2v) is 2.36. The molecule has 0 aliphatic carbocycles. The van der Waals surface area contributed by atoms with Crippen molar-refractivity contribution in [3.8, 4) is 5.88 Å². The minimum atomic E-state index is -0.317. The first-order valence-corrected chi connectivity index (χ1v) is 3.37. The van der Waals surface area contributed by atoms with Gasteiger partial charge in [0, 0.05) is 16.8 Å². The molecule has 0 fully saturated rings. The maximum absolute atomic E-state index is 12.7. The molecule has 0 aliphatic heterocycles. The molecule has 0 bridgehead atoms. The van der Waals surface area contributed by atoms with E-state index in [0.717, 1.165) is 5.52 Å². The molecule has 0 unspecified atom stereocenters. The van der Waals surface area contributed by atoms with Gasteiger partial charge in [-0.3, -0.25) is 5.10 Å². The molecule has 5 heteroatoms. The predicted molar refractivity (Wildman–Crippen MR) is 42.0 cm³/mol. The van der Waals surface area contributed by atoms with Crippen LogP contribution in [0.2, 0.25) is 0 Å². The second kappa shape index (κ2) is 3.76. The predicted octanol–water partition coefficient (Wildman–Crippen LogP) is 1.87. The summed E-state index contributed by atoms with van der Waals surface area (Å²) in [4.78, 5) is 0. The van der Waals surface area contributed by atoms with E-state index in [0.29, 0.717) is 11.3 Å². The summed E-state index contributed by atoms with van der Waals surface area (Å²) in [5, 5.41) is 7.06. The van der Waals surface area contributed by atoms with Gasteiger partial charge in [0.25, 0.3) is 0 Å². The summed E-state index contributed by atoms with van der Waals surface area (Å²) in [6.45, 7) is 0. The molecular formula is C8H6CoFN2O-. The van der Waals surface area contributed by atoms with Crippen LogP contribution in [0.15, 0.2) is 18.2 Å². The second-order valence-electron chi connectivity index (χ2n) is 2.36. The third-order valence-electron chi connectivity index (χ3n) is 1.63. The molecule has 1 aromatic carbocycles. The van der Waals surface area contributed by atoms with Gasteiger partial charge in [-0.15, -0.1) is 5.10 Å². The third-order valence-corrected chi connectivity index (χ3v) is 1.63. The van der Waals surface area contributed by atoms with E-state index < -0.39 is 0 Å². The average Bonchev–Trinajstić information content (AvgIpc) is 2.46. The van der Waals surface area contributed by atoms with Gasteiger partial charge in [-0.1, -0.05) is 0 Å². The van der Waals surface area contributed by atoms with E-state index in [1.807, 2.05) is 0 Å². The van der Waals surface area contributed by atoms with Crippen molar-refractivity contribution in [1.29, 1.82) is 0 Å². The number of hydrogen-bond acceptors (Lipinski definition) is 2. The van der Waals surface area contributed by atoms with Crippen molar-refractivity contribution in [2.45, 2.75) is 0 Å². The molecule has 1 heterocycles. The van der Waals surface area contributed by atoms with Crippen LogP contribution in [0.25, 0.3) is 10.9 Å². The molecule has 71 valence electrons. The average molecular weight is 224 g/mol. The van der Waals surface area contributed by atoms with Gasteiger partial charge in [-0.25, -0.2) is 4.39 Å². The van der Waals surface area contributed by atoms with Crippen LogP contribution < -0.4 is 4.74 Å². The number of ether oxygens (including phenoxy) is 1. The molecule has 1 radical (unpaired) electrons. The van der Waals surface area contributed by atoms with E-state index >= 15 is 0 Å². The number of fused-ring (bicyclic) bond motifs is 1. The normalized spacial score (nSPS) is 9.69. The van der Waals surface area contributed by atoms with Crippen molar-refractivity contribution in [1.82, 2.24) is 10.2 Å². The van der Waals surface area contributed by atoms with E-state index in [9.17, 15) is 4.39 Å². The zero-order valence-corrected chi connectivity index (χ0v) is 7.55. The number of aromatic nitrogens is 2. The van der Waals surface area contributed by atoms with Gasteiger partial charge >= 0.3 is 0 Å². The van der Waals surface area contributed by atoms with Gasteiger partial charge in [-0.05, 0) is 18.2 Å². The smallest absolute Gasteiger partial charge is 0.208 e. The van der Waals surface area contributed by atoms with Crippen molar-refractivity contribution in [3.63, 3.8) is 0 Å². The van der Waals surface area contributed by atoms with E-state index in [-0.39, 0.29) is 22.6 Å². The molecule has 0 amide bonds. The Morgan fingerprint density at radius 1 is 1.46 bits per heavy atom. The third kappa shape index (κ3) is 1.66. The summed E-state index contributed by atoms with van der Waals surface area (Å²) in [5.41, 5.74) is 0.732. The first-order chi connectivity index (χ1) is 5.81. The summed E-state index contributed by atoms with van der Waals surface area (Å²) in [6.07, 6.45) is 0. The molecule has 0 saturated carbocycles. The molecule has 2 aromatic rings. The first-order valence-electron chi connectivity index (χ1n) is 3.37. The van der Waals surface area contributed by atoms with Gasteiger partial charge < -0.3 is 4.74 Å². The van der Waals surface area contributed by atoms with Gasteiger partial charge in [0.2, 0.25) is 5.88 Å². The Balaban J connectivity index is 0.000000845. The molecule has 0 aliphatic rings. The zero-order valence-electron chi connectivity index (χ0n) is 6.51. The number of nitrogens with one attached hydrogen (secondary N) is 1. The van der Waals surface area contributed by atoms with Crippen molar-refractivity contribution in [2.75, 3.05) is 0 Å². The molecular weight excluding hydrogens is 218 g/mol. The number of H-pyrrole nitrogens is 1.